The fourth-order valence-corrected chi connectivity index (χ4v) is 2.16. The van der Waals surface area contributed by atoms with Crippen molar-refractivity contribution >= 4 is 17.6 Å². The van der Waals surface area contributed by atoms with E-state index in [4.69, 9.17) is 9.47 Å². The number of hydrogen-bond donors (Lipinski definition) is 1. The van der Waals surface area contributed by atoms with Gasteiger partial charge in [-0.2, -0.15) is 0 Å². The lowest BCUT2D eigenvalue weighted by Crippen LogP contribution is -2.14. The van der Waals surface area contributed by atoms with Gasteiger partial charge in [0.1, 0.15) is 11.4 Å². The number of rotatable bonds is 6. The minimum absolute atomic E-state index is 0.121. The van der Waals surface area contributed by atoms with Crippen LogP contribution in [0.5, 0.6) is 5.75 Å². The number of aromatic nitrogens is 1. The van der Waals surface area contributed by atoms with Crippen molar-refractivity contribution in [1.82, 2.24) is 4.98 Å². The fraction of sp³-hybridized carbons (Fsp3) is 0.278. The summed E-state index contributed by atoms with van der Waals surface area (Å²) in [5.41, 5.74) is 0.832. The molecule has 1 aromatic carbocycles. The predicted molar refractivity (Wildman–Crippen MR) is 88.6 cm³/mol. The molecule has 3 rings (SSSR count). The van der Waals surface area contributed by atoms with E-state index < -0.39 is 23.9 Å². The Hall–Kier alpha value is -3.03. The smallest absolute Gasteiger partial charge is 0.339 e. The first-order valence-electron chi connectivity index (χ1n) is 7.98. The second-order valence-electron chi connectivity index (χ2n) is 5.70. The molecule has 2 aromatic rings. The Morgan fingerprint density at radius 1 is 1.23 bits per heavy atom. The summed E-state index contributed by atoms with van der Waals surface area (Å²) in [6.45, 7) is 1.94. The van der Waals surface area contributed by atoms with Crippen LogP contribution in [0, 0.1) is 0 Å². The lowest BCUT2D eigenvalue weighted by atomic mass is 10.2. The van der Waals surface area contributed by atoms with Gasteiger partial charge in [0.05, 0.1) is 18.6 Å². The van der Waals surface area contributed by atoms with E-state index in [9.17, 15) is 18.4 Å². The second kappa shape index (κ2) is 7.07. The van der Waals surface area contributed by atoms with Crippen LogP contribution < -0.4 is 10.1 Å². The quantitative estimate of drug-likeness (QED) is 0.798. The van der Waals surface area contributed by atoms with Crippen molar-refractivity contribution in [3.63, 3.8) is 0 Å². The highest BCUT2D eigenvalue weighted by Crippen LogP contribution is 2.44. The molecule has 0 bridgehead atoms. The first-order chi connectivity index (χ1) is 12.4. The molecular weight excluding hydrogens is 346 g/mol. The van der Waals surface area contributed by atoms with Gasteiger partial charge in [-0.25, -0.2) is 13.6 Å². The molecule has 1 aliphatic carbocycles. The van der Waals surface area contributed by atoms with Crippen molar-refractivity contribution in [1.29, 1.82) is 0 Å². The Bertz CT molecular complexity index is 807. The Morgan fingerprint density at radius 3 is 2.46 bits per heavy atom. The number of alkyl halides is 2. The van der Waals surface area contributed by atoms with E-state index in [1.54, 1.807) is 19.1 Å². The molecule has 1 amide bonds. The van der Waals surface area contributed by atoms with Gasteiger partial charge >= 0.3 is 5.97 Å². The summed E-state index contributed by atoms with van der Waals surface area (Å²) in [4.78, 5) is 27.6. The van der Waals surface area contributed by atoms with Crippen LogP contribution in [0.15, 0.2) is 42.6 Å². The summed E-state index contributed by atoms with van der Waals surface area (Å²) in [6, 6.07) is 8.95. The van der Waals surface area contributed by atoms with Crippen LogP contribution in [0.1, 0.15) is 34.2 Å². The summed E-state index contributed by atoms with van der Waals surface area (Å²) >= 11 is 0. The first-order valence-corrected chi connectivity index (χ1v) is 7.98. The maximum atomic E-state index is 12.8. The maximum Gasteiger partial charge on any atom is 0.339 e. The zero-order chi connectivity index (χ0) is 18.7. The summed E-state index contributed by atoms with van der Waals surface area (Å²) < 4.78 is 35.6. The molecule has 6 nitrogen and oxygen atoms in total. The number of anilines is 1. The average Bonchev–Trinajstić information content (AvgIpc) is 3.23. The van der Waals surface area contributed by atoms with Crippen LogP contribution in [0.25, 0.3) is 0 Å². The Balaban J connectivity index is 1.58. The number of esters is 1. The van der Waals surface area contributed by atoms with Crippen LogP contribution in [0.3, 0.4) is 0 Å². The maximum absolute atomic E-state index is 12.8. The Labute approximate surface area is 148 Å². The fourth-order valence-electron chi connectivity index (χ4n) is 2.16. The van der Waals surface area contributed by atoms with E-state index in [2.05, 4.69) is 10.3 Å². The number of halogens is 2. The highest BCUT2D eigenvalue weighted by atomic mass is 19.3. The lowest BCUT2D eigenvalue weighted by molar-refractivity contribution is 0.0525. The normalized spacial score (nSPS) is 17.3. The van der Waals surface area contributed by atoms with E-state index in [0.717, 1.165) is 0 Å². The summed E-state index contributed by atoms with van der Waals surface area (Å²) in [5.74, 6) is -3.43. The molecule has 1 unspecified atom stereocenters. The third kappa shape index (κ3) is 4.14. The van der Waals surface area contributed by atoms with Gasteiger partial charge in [-0.1, -0.05) is 0 Å². The molecule has 1 aliphatic rings. The van der Waals surface area contributed by atoms with E-state index >= 15 is 0 Å². The van der Waals surface area contributed by atoms with Crippen molar-refractivity contribution < 1.29 is 27.8 Å². The number of carbonyl (C=O) groups excluding carboxylic acids is 2. The van der Waals surface area contributed by atoms with Crippen LogP contribution >= 0.6 is 0 Å². The number of pyridine rings is 1. The topological polar surface area (TPSA) is 77.5 Å². The number of carbonyl (C=O) groups is 2. The number of nitrogens with one attached hydrogen (secondary N) is 1. The van der Waals surface area contributed by atoms with Crippen LogP contribution in [-0.4, -0.2) is 35.5 Å². The predicted octanol–water partition coefficient (Wildman–Crippen LogP) is 3.30. The van der Waals surface area contributed by atoms with Gasteiger partial charge in [-0.05, 0) is 43.3 Å². The molecule has 1 fully saturated rings. The van der Waals surface area contributed by atoms with Crippen LogP contribution in [0.2, 0.25) is 0 Å². The monoisotopic (exact) mass is 362 g/mol. The van der Waals surface area contributed by atoms with Gasteiger partial charge < -0.3 is 14.8 Å². The van der Waals surface area contributed by atoms with Crippen LogP contribution in [0.4, 0.5) is 14.5 Å². The van der Waals surface area contributed by atoms with Gasteiger partial charge in [0.25, 0.3) is 11.8 Å². The molecule has 8 heteroatoms. The van der Waals surface area contributed by atoms with Crippen molar-refractivity contribution in [3.8, 4) is 5.75 Å². The largest absolute Gasteiger partial charge is 0.484 e. The third-order valence-corrected chi connectivity index (χ3v) is 3.67. The van der Waals surface area contributed by atoms with Gasteiger partial charge in [-0.3, -0.25) is 9.78 Å². The second-order valence-corrected chi connectivity index (χ2v) is 5.70. The standard InChI is InChI=1S/C18H16F2N2O4/c1-2-25-17(24)11-3-8-14(21-10-11)16(23)22-12-4-6-13(7-5-12)26-15-9-18(15,19)20/h3-8,10,15H,2,9H2,1H3,(H,22,23). The summed E-state index contributed by atoms with van der Waals surface area (Å²) in [6.07, 6.45) is -0.0939. The highest BCUT2D eigenvalue weighted by molar-refractivity contribution is 6.03. The van der Waals surface area contributed by atoms with E-state index in [1.165, 1.54) is 30.5 Å². The minimum Gasteiger partial charge on any atom is -0.484 e. The Morgan fingerprint density at radius 2 is 1.92 bits per heavy atom. The van der Waals surface area contributed by atoms with Gasteiger partial charge in [0.15, 0.2) is 6.10 Å². The number of amides is 1. The molecule has 0 aliphatic heterocycles. The lowest BCUT2D eigenvalue weighted by Gasteiger charge is -2.08. The molecule has 26 heavy (non-hydrogen) atoms. The molecule has 1 aromatic heterocycles. The van der Waals surface area contributed by atoms with E-state index in [1.807, 2.05) is 0 Å². The van der Waals surface area contributed by atoms with Gasteiger partial charge in [0.2, 0.25) is 0 Å². The molecule has 1 saturated carbocycles. The van der Waals surface area contributed by atoms with Gasteiger partial charge in [0, 0.05) is 11.9 Å². The van der Waals surface area contributed by atoms with Crippen molar-refractivity contribution in [2.75, 3.05) is 11.9 Å². The van der Waals surface area contributed by atoms with Crippen molar-refractivity contribution in [2.45, 2.75) is 25.4 Å². The number of hydrogen-bond acceptors (Lipinski definition) is 5. The van der Waals surface area contributed by atoms with E-state index in [-0.39, 0.29) is 24.3 Å². The molecule has 1 N–H and O–H groups in total. The molecular formula is C18H16F2N2O4. The van der Waals surface area contributed by atoms with Crippen LogP contribution in [-0.2, 0) is 4.74 Å². The number of benzene rings is 1. The zero-order valence-corrected chi connectivity index (χ0v) is 13.9. The molecule has 1 atom stereocenters. The van der Waals surface area contributed by atoms with E-state index in [0.29, 0.717) is 11.4 Å². The summed E-state index contributed by atoms with van der Waals surface area (Å²) in [7, 11) is 0. The molecule has 136 valence electrons. The molecule has 1 heterocycles. The first kappa shape index (κ1) is 17.8. The number of nitrogens with zero attached hydrogens (tertiary/aromatic N) is 1. The molecule has 0 radical (unpaired) electrons. The zero-order valence-electron chi connectivity index (χ0n) is 13.9. The Kier molecular flexibility index (Phi) is 4.83. The minimum atomic E-state index is -2.76. The average molecular weight is 362 g/mol. The summed E-state index contributed by atoms with van der Waals surface area (Å²) in [5, 5.41) is 2.62. The third-order valence-electron chi connectivity index (χ3n) is 3.67. The van der Waals surface area contributed by atoms with Crippen molar-refractivity contribution in [3.05, 3.63) is 53.9 Å². The SMILES string of the molecule is CCOC(=O)c1ccc(C(=O)Nc2ccc(OC3CC3(F)F)cc2)nc1. The highest BCUT2D eigenvalue weighted by Gasteiger charge is 2.59. The number of ether oxygens (including phenoxy) is 2. The van der Waals surface area contributed by atoms with Gasteiger partial charge in [-0.15, -0.1) is 0 Å². The van der Waals surface area contributed by atoms with Crippen molar-refractivity contribution in [2.24, 2.45) is 0 Å². The molecule has 0 saturated heterocycles. The molecule has 0 spiro atoms.